The molecule has 0 aliphatic heterocycles. The summed E-state index contributed by atoms with van der Waals surface area (Å²) in [6, 6.07) is 0. The molecule has 0 bridgehead atoms. The minimum atomic E-state index is -0.0722. The van der Waals surface area contributed by atoms with Gasteiger partial charge in [0, 0.05) is 6.54 Å². The molecule has 1 nitrogen and oxygen atoms in total. The summed E-state index contributed by atoms with van der Waals surface area (Å²) in [6.45, 7) is 1.06. The summed E-state index contributed by atoms with van der Waals surface area (Å²) in [4.78, 5) is 2.14. The van der Waals surface area contributed by atoms with Gasteiger partial charge in [0.15, 0.2) is 0 Å². The van der Waals surface area contributed by atoms with Gasteiger partial charge in [-0.25, -0.2) is 0 Å². The summed E-state index contributed by atoms with van der Waals surface area (Å²) in [5, 5.41) is 0. The van der Waals surface area contributed by atoms with Crippen molar-refractivity contribution in [1.82, 2.24) is 4.90 Å². The molecule has 0 aromatic rings. The molecule has 56 valence electrons. The number of hydrogen-bond acceptors (Lipinski definition) is 1. The van der Waals surface area contributed by atoms with Crippen LogP contribution in [-0.2, 0) is 0 Å². The molecule has 0 aliphatic carbocycles. The normalized spacial score (nSPS) is 12.7. The van der Waals surface area contributed by atoms with Crippen molar-refractivity contribution in [1.29, 1.82) is 0 Å². The van der Waals surface area contributed by atoms with Crippen molar-refractivity contribution in [2.75, 3.05) is 20.6 Å². The maximum atomic E-state index is 3.41. The Morgan fingerprint density at radius 2 is 1.67 bits per heavy atom. The zero-order chi connectivity index (χ0) is 7.49. The number of halogens is 3. The van der Waals surface area contributed by atoms with E-state index in [-0.39, 0.29) is 2.14 Å². The van der Waals surface area contributed by atoms with Crippen LogP contribution < -0.4 is 0 Å². The average Bonchev–Trinajstić information content (AvgIpc) is 1.59. The fourth-order valence-corrected chi connectivity index (χ4v) is 0.882. The van der Waals surface area contributed by atoms with Gasteiger partial charge in [-0.1, -0.05) is 47.8 Å². The van der Waals surface area contributed by atoms with Crippen LogP contribution in [0.2, 0.25) is 0 Å². The van der Waals surface area contributed by atoms with Gasteiger partial charge in [-0.3, -0.25) is 0 Å². The Hall–Kier alpha value is 1.40. The van der Waals surface area contributed by atoms with E-state index in [0.717, 1.165) is 13.0 Å². The Labute approximate surface area is 81.6 Å². The molecule has 0 aromatic carbocycles. The van der Waals surface area contributed by atoms with E-state index in [1.54, 1.807) is 0 Å². The summed E-state index contributed by atoms with van der Waals surface area (Å²) < 4.78 is -0.0722. The molecule has 0 aromatic heterocycles. The molecule has 0 rings (SSSR count). The Morgan fingerprint density at radius 3 is 1.78 bits per heavy atom. The first-order chi connectivity index (χ1) is 3.92. The molecule has 0 atom stereocenters. The first-order valence-corrected chi connectivity index (χ1v) is 5.01. The molecular weight excluding hydrogens is 314 g/mol. The van der Waals surface area contributed by atoms with Crippen molar-refractivity contribution in [3.63, 3.8) is 0 Å². The maximum Gasteiger partial charge on any atom is 0.136 e. The number of hydrogen-bond donors (Lipinski definition) is 0. The van der Waals surface area contributed by atoms with Crippen LogP contribution in [-0.4, -0.2) is 27.7 Å². The third kappa shape index (κ3) is 9.40. The molecule has 0 N–H and O–H groups in total. The molecule has 9 heavy (non-hydrogen) atoms. The van der Waals surface area contributed by atoms with Gasteiger partial charge in [0.05, 0.1) is 0 Å². The third-order valence-corrected chi connectivity index (χ3v) is 2.03. The minimum Gasteiger partial charge on any atom is -0.309 e. The second kappa shape index (κ2) is 4.31. The largest absolute Gasteiger partial charge is 0.309 e. The van der Waals surface area contributed by atoms with Crippen LogP contribution in [0.25, 0.3) is 0 Å². The SMILES string of the molecule is CN(C)CCC(Br)(Br)Br. The zero-order valence-corrected chi connectivity index (χ0v) is 10.3. The summed E-state index contributed by atoms with van der Waals surface area (Å²) in [7, 11) is 4.11. The fourth-order valence-electron chi connectivity index (χ4n) is 0.350. The van der Waals surface area contributed by atoms with Crippen LogP contribution in [0.5, 0.6) is 0 Å². The molecule has 0 fully saturated rings. The van der Waals surface area contributed by atoms with Gasteiger partial charge in [-0.2, -0.15) is 0 Å². The van der Waals surface area contributed by atoms with Gasteiger partial charge in [0.1, 0.15) is 2.14 Å². The van der Waals surface area contributed by atoms with Crippen molar-refractivity contribution in [3.05, 3.63) is 0 Å². The van der Waals surface area contributed by atoms with E-state index in [1.165, 1.54) is 0 Å². The van der Waals surface area contributed by atoms with E-state index in [0.29, 0.717) is 0 Å². The van der Waals surface area contributed by atoms with Gasteiger partial charge in [0.25, 0.3) is 0 Å². The zero-order valence-electron chi connectivity index (χ0n) is 5.50. The van der Waals surface area contributed by atoms with E-state index < -0.39 is 0 Å². The van der Waals surface area contributed by atoms with Crippen LogP contribution in [0.3, 0.4) is 0 Å². The van der Waals surface area contributed by atoms with E-state index in [4.69, 9.17) is 0 Å². The Bertz CT molecular complexity index is 76.8. The van der Waals surface area contributed by atoms with Crippen LogP contribution in [0.15, 0.2) is 0 Å². The highest BCUT2D eigenvalue weighted by Crippen LogP contribution is 2.36. The summed E-state index contributed by atoms with van der Waals surface area (Å²) >= 11 is 10.2. The lowest BCUT2D eigenvalue weighted by Crippen LogP contribution is -2.17. The monoisotopic (exact) mass is 321 g/mol. The molecular formula is C5H10Br3N. The van der Waals surface area contributed by atoms with Crippen molar-refractivity contribution in [3.8, 4) is 0 Å². The highest BCUT2D eigenvalue weighted by molar-refractivity contribution is 9.39. The summed E-state index contributed by atoms with van der Waals surface area (Å²) in [6.07, 6.45) is 1.03. The Morgan fingerprint density at radius 1 is 1.22 bits per heavy atom. The van der Waals surface area contributed by atoms with Gasteiger partial charge in [-0.05, 0) is 20.5 Å². The van der Waals surface area contributed by atoms with Gasteiger partial charge >= 0.3 is 0 Å². The van der Waals surface area contributed by atoms with Crippen molar-refractivity contribution in [2.45, 2.75) is 8.56 Å². The number of rotatable bonds is 2. The van der Waals surface area contributed by atoms with Crippen LogP contribution >= 0.6 is 47.8 Å². The molecule has 0 amide bonds. The quantitative estimate of drug-likeness (QED) is 0.706. The minimum absolute atomic E-state index is 0.0722. The van der Waals surface area contributed by atoms with Crippen molar-refractivity contribution in [2.24, 2.45) is 0 Å². The Kier molecular flexibility index (Phi) is 4.98. The van der Waals surface area contributed by atoms with Gasteiger partial charge < -0.3 is 4.90 Å². The molecule has 4 heteroatoms. The van der Waals surface area contributed by atoms with E-state index in [9.17, 15) is 0 Å². The predicted molar refractivity (Wildman–Crippen MR) is 52.7 cm³/mol. The molecule has 0 aliphatic rings. The highest BCUT2D eigenvalue weighted by Gasteiger charge is 2.16. The smallest absolute Gasteiger partial charge is 0.136 e. The van der Waals surface area contributed by atoms with E-state index in [1.807, 2.05) is 0 Å². The number of alkyl halides is 3. The van der Waals surface area contributed by atoms with Crippen LogP contribution in [0, 0.1) is 0 Å². The lowest BCUT2D eigenvalue weighted by molar-refractivity contribution is 0.406. The lowest BCUT2D eigenvalue weighted by Gasteiger charge is -2.15. The molecule has 0 spiro atoms. The fraction of sp³-hybridized carbons (Fsp3) is 1.00. The molecule has 0 unspecified atom stereocenters. The third-order valence-electron chi connectivity index (χ3n) is 0.842. The Balaban J connectivity index is 3.28. The standard InChI is InChI=1S/C5H10Br3N/c1-9(2)4-3-5(6,7)8/h3-4H2,1-2H3. The lowest BCUT2D eigenvalue weighted by atomic mass is 10.5. The van der Waals surface area contributed by atoms with Crippen molar-refractivity contribution >= 4 is 47.8 Å². The first-order valence-electron chi connectivity index (χ1n) is 2.63. The average molecular weight is 324 g/mol. The second-order valence-electron chi connectivity index (χ2n) is 2.17. The maximum absolute atomic E-state index is 3.41. The van der Waals surface area contributed by atoms with E-state index >= 15 is 0 Å². The van der Waals surface area contributed by atoms with Crippen LogP contribution in [0.4, 0.5) is 0 Å². The topological polar surface area (TPSA) is 3.24 Å². The summed E-state index contributed by atoms with van der Waals surface area (Å²) in [5.74, 6) is 0. The highest BCUT2D eigenvalue weighted by atomic mass is 80.0. The van der Waals surface area contributed by atoms with E-state index in [2.05, 4.69) is 66.8 Å². The molecule has 0 saturated heterocycles. The molecule has 0 radical (unpaired) electrons. The van der Waals surface area contributed by atoms with Gasteiger partial charge in [-0.15, -0.1) is 0 Å². The summed E-state index contributed by atoms with van der Waals surface area (Å²) in [5.41, 5.74) is 0. The number of nitrogens with zero attached hydrogens (tertiary/aromatic N) is 1. The second-order valence-corrected chi connectivity index (χ2v) is 9.42. The molecule has 0 heterocycles. The first kappa shape index (κ1) is 10.4. The molecule has 0 saturated carbocycles. The van der Waals surface area contributed by atoms with Crippen molar-refractivity contribution < 1.29 is 0 Å². The van der Waals surface area contributed by atoms with Crippen LogP contribution in [0.1, 0.15) is 6.42 Å². The predicted octanol–water partition coefficient (Wildman–Crippen LogP) is 2.78. The van der Waals surface area contributed by atoms with Gasteiger partial charge in [0.2, 0.25) is 0 Å².